The number of ketones is 1. The number of primary amides is 1. The van der Waals surface area contributed by atoms with Crippen molar-refractivity contribution in [2.75, 3.05) is 51.3 Å². The summed E-state index contributed by atoms with van der Waals surface area (Å²) < 4.78 is 5.94. The van der Waals surface area contributed by atoms with E-state index in [1.54, 1.807) is 22.3 Å². The van der Waals surface area contributed by atoms with Gasteiger partial charge in [-0.3, -0.25) is 14.4 Å². The molecule has 0 radical (unpaired) electrons. The normalized spacial score (nSPS) is 26.0. The van der Waals surface area contributed by atoms with Crippen LogP contribution in [0.1, 0.15) is 61.9 Å². The van der Waals surface area contributed by atoms with Crippen molar-refractivity contribution in [3.8, 4) is 11.3 Å². The fourth-order valence-corrected chi connectivity index (χ4v) is 7.67. The van der Waals surface area contributed by atoms with Gasteiger partial charge in [0, 0.05) is 55.1 Å². The van der Waals surface area contributed by atoms with Gasteiger partial charge in [0.1, 0.15) is 12.6 Å². The third-order valence-electron chi connectivity index (χ3n) is 9.10. The molecule has 0 bridgehead atoms. The molecular weight excluding hydrogens is 538 g/mol. The number of fused-ring (bicyclic) bond motifs is 1. The monoisotopic (exact) mass is 579 g/mol. The second-order valence-electron chi connectivity index (χ2n) is 13.5. The molecule has 4 heterocycles. The Morgan fingerprint density at radius 3 is 2.56 bits per heavy atom. The Bertz CT molecular complexity index is 1340. The third-order valence-corrected chi connectivity index (χ3v) is 10.0. The van der Waals surface area contributed by atoms with E-state index in [-0.39, 0.29) is 35.7 Å². The van der Waals surface area contributed by atoms with Gasteiger partial charge in [-0.05, 0) is 55.3 Å². The summed E-state index contributed by atoms with van der Waals surface area (Å²) in [4.78, 5) is 51.5. The lowest BCUT2D eigenvalue weighted by molar-refractivity contribution is -0.138. The number of carbonyl (C=O) groups excluding carboxylic acids is 3. The second kappa shape index (κ2) is 10.8. The number of hydrogen-bond acceptors (Lipinski definition) is 8. The Morgan fingerprint density at radius 2 is 1.90 bits per heavy atom. The van der Waals surface area contributed by atoms with Crippen molar-refractivity contribution >= 4 is 34.1 Å². The number of aromatic nitrogens is 1. The van der Waals surface area contributed by atoms with Crippen LogP contribution >= 0.6 is 11.3 Å². The number of nitrogens with zero attached hydrogens (tertiary/aromatic N) is 4. The molecule has 1 aromatic carbocycles. The van der Waals surface area contributed by atoms with E-state index in [1.165, 1.54) is 0 Å². The van der Waals surface area contributed by atoms with Crippen LogP contribution in [0.3, 0.4) is 0 Å². The average molecular weight is 580 g/mol. The maximum atomic E-state index is 14.5. The Hall–Kier alpha value is -2.82. The van der Waals surface area contributed by atoms with Gasteiger partial charge in [-0.1, -0.05) is 26.8 Å². The molecule has 4 atom stereocenters. The number of ether oxygens (including phenoxy) is 1. The summed E-state index contributed by atoms with van der Waals surface area (Å²) in [6, 6.07) is 4.99. The molecule has 1 aromatic heterocycles. The van der Waals surface area contributed by atoms with Crippen LogP contribution < -0.4 is 10.6 Å². The molecule has 4 fully saturated rings. The van der Waals surface area contributed by atoms with Gasteiger partial charge < -0.3 is 25.2 Å². The number of likely N-dealkylation sites (tertiary alicyclic amines) is 1. The van der Waals surface area contributed by atoms with Gasteiger partial charge in [-0.25, -0.2) is 4.98 Å². The molecule has 2 amide bonds. The Labute approximate surface area is 246 Å². The highest BCUT2D eigenvalue weighted by Gasteiger charge is 2.56. The van der Waals surface area contributed by atoms with Crippen molar-refractivity contribution in [1.29, 1.82) is 0 Å². The number of rotatable bonds is 7. The number of likely N-dealkylation sites (N-methyl/N-ethyl adjacent to an activating group) is 1. The van der Waals surface area contributed by atoms with Crippen LogP contribution in [0, 0.1) is 17.3 Å². The molecule has 3 saturated heterocycles. The van der Waals surface area contributed by atoms with Crippen LogP contribution in [0.15, 0.2) is 23.6 Å². The number of carbonyl (C=O) groups is 3. The minimum atomic E-state index is -0.625. The van der Waals surface area contributed by atoms with E-state index in [4.69, 9.17) is 15.5 Å². The molecule has 2 aromatic rings. The lowest BCUT2D eigenvalue weighted by Crippen LogP contribution is -2.45. The van der Waals surface area contributed by atoms with Gasteiger partial charge in [0.05, 0.1) is 17.7 Å². The number of amides is 2. The summed E-state index contributed by atoms with van der Waals surface area (Å²) in [5, 5.41) is 3.02. The van der Waals surface area contributed by atoms with E-state index in [1.807, 2.05) is 17.5 Å². The minimum Gasteiger partial charge on any atom is -0.367 e. The molecule has 2 N–H and O–H groups in total. The van der Waals surface area contributed by atoms with Crippen LogP contribution in [-0.2, 0) is 14.3 Å². The number of piperazine rings is 1. The van der Waals surface area contributed by atoms with Gasteiger partial charge in [0.2, 0.25) is 11.8 Å². The molecule has 41 heavy (non-hydrogen) atoms. The molecule has 6 rings (SSSR count). The Balaban J connectivity index is 1.36. The number of nitrogens with two attached hydrogens (primary N) is 1. The second-order valence-corrected chi connectivity index (χ2v) is 14.3. The van der Waals surface area contributed by atoms with E-state index in [0.717, 1.165) is 55.4 Å². The number of benzene rings is 1. The van der Waals surface area contributed by atoms with Crippen LogP contribution in [0.2, 0.25) is 0 Å². The zero-order chi connectivity index (χ0) is 29.1. The fourth-order valence-electron chi connectivity index (χ4n) is 6.78. The van der Waals surface area contributed by atoms with Crippen LogP contribution in [-0.4, -0.2) is 90.9 Å². The summed E-state index contributed by atoms with van der Waals surface area (Å²) in [5.41, 5.74) is 8.29. The standard InChI is InChI=1S/C31H41N5O4S/c1-31(2,3)14-22(29(39)36-15-23(18-5-6-18)27-26(36)25(37)16-40-27)21-13-19(7-8-20(21)28(32)38)24-17-41-30(33-24)35-11-9-34(4)10-12-35/h7-8,13,17-18,22-23,26-27H,5-6,9-12,14-16H2,1-4H3,(H2,32,38)/t22-,23+,26+,27+/m0/s1. The van der Waals surface area contributed by atoms with Crippen LogP contribution in [0.4, 0.5) is 5.13 Å². The van der Waals surface area contributed by atoms with E-state index in [2.05, 4.69) is 37.6 Å². The Morgan fingerprint density at radius 1 is 1.17 bits per heavy atom. The van der Waals surface area contributed by atoms with Crippen molar-refractivity contribution in [2.45, 2.75) is 58.1 Å². The van der Waals surface area contributed by atoms with E-state index >= 15 is 0 Å². The zero-order valence-corrected chi connectivity index (χ0v) is 25.3. The van der Waals surface area contributed by atoms with E-state index < -0.39 is 17.9 Å². The first-order chi connectivity index (χ1) is 19.5. The molecule has 1 aliphatic carbocycles. The number of Topliss-reactive ketones (excluding diaryl/α,β-unsaturated/α-hetero) is 1. The summed E-state index contributed by atoms with van der Waals surface area (Å²) in [6.07, 6.45) is 2.53. The highest BCUT2D eigenvalue weighted by atomic mass is 32.1. The predicted octanol–water partition coefficient (Wildman–Crippen LogP) is 3.39. The lowest BCUT2D eigenvalue weighted by Gasteiger charge is -2.32. The van der Waals surface area contributed by atoms with Crippen molar-refractivity contribution in [2.24, 2.45) is 23.0 Å². The first-order valence-corrected chi connectivity index (χ1v) is 15.7. The fraction of sp³-hybridized carbons (Fsp3) is 0.613. The summed E-state index contributed by atoms with van der Waals surface area (Å²) >= 11 is 1.61. The molecule has 9 nitrogen and oxygen atoms in total. The molecule has 10 heteroatoms. The van der Waals surface area contributed by atoms with Crippen molar-refractivity contribution in [1.82, 2.24) is 14.8 Å². The number of hydrogen-bond donors (Lipinski definition) is 1. The molecule has 3 aliphatic heterocycles. The van der Waals surface area contributed by atoms with Gasteiger partial charge in [-0.15, -0.1) is 11.3 Å². The third kappa shape index (κ3) is 5.66. The highest BCUT2D eigenvalue weighted by Crippen LogP contribution is 2.47. The van der Waals surface area contributed by atoms with Crippen molar-refractivity contribution in [3.63, 3.8) is 0 Å². The van der Waals surface area contributed by atoms with Crippen LogP contribution in [0.25, 0.3) is 11.3 Å². The summed E-state index contributed by atoms with van der Waals surface area (Å²) in [6.45, 7) is 10.7. The predicted molar refractivity (Wildman–Crippen MR) is 159 cm³/mol. The molecular formula is C31H41N5O4S. The zero-order valence-electron chi connectivity index (χ0n) is 24.5. The largest absolute Gasteiger partial charge is 0.367 e. The quantitative estimate of drug-likeness (QED) is 0.536. The van der Waals surface area contributed by atoms with Gasteiger partial charge in [-0.2, -0.15) is 0 Å². The maximum absolute atomic E-state index is 14.5. The summed E-state index contributed by atoms with van der Waals surface area (Å²) in [5.74, 6) is -0.631. The van der Waals surface area contributed by atoms with Crippen molar-refractivity contribution in [3.05, 3.63) is 34.7 Å². The number of anilines is 1. The first-order valence-electron chi connectivity index (χ1n) is 14.8. The topological polar surface area (TPSA) is 109 Å². The lowest BCUT2D eigenvalue weighted by atomic mass is 9.78. The van der Waals surface area contributed by atoms with Gasteiger partial charge in [0.15, 0.2) is 10.9 Å². The van der Waals surface area contributed by atoms with E-state index in [9.17, 15) is 14.4 Å². The molecule has 4 aliphatic rings. The first kappa shape index (κ1) is 28.3. The molecule has 0 spiro atoms. The average Bonchev–Trinajstić information content (AvgIpc) is 3.34. The van der Waals surface area contributed by atoms with Gasteiger partial charge in [0.25, 0.3) is 0 Å². The highest BCUT2D eigenvalue weighted by molar-refractivity contribution is 7.14. The van der Waals surface area contributed by atoms with Gasteiger partial charge >= 0.3 is 0 Å². The van der Waals surface area contributed by atoms with Crippen LogP contribution in [0.5, 0.6) is 0 Å². The maximum Gasteiger partial charge on any atom is 0.249 e. The van der Waals surface area contributed by atoms with Crippen molar-refractivity contribution < 1.29 is 19.1 Å². The summed E-state index contributed by atoms with van der Waals surface area (Å²) in [7, 11) is 2.13. The molecule has 0 unspecified atom stereocenters. The number of thiazole rings is 1. The molecule has 220 valence electrons. The SMILES string of the molecule is CN1CCN(c2nc(-c3ccc(C(N)=O)c([C@H](CC(C)(C)C)C(=O)N4C[C@H](C5CC5)[C@H]5OCC(=O)[C@H]54)c3)cs2)CC1. The smallest absolute Gasteiger partial charge is 0.249 e. The van der Waals surface area contributed by atoms with E-state index in [0.29, 0.717) is 30.0 Å². The minimum absolute atomic E-state index is 0.0243. The molecule has 1 saturated carbocycles. The Kier molecular flexibility index (Phi) is 7.45.